The molecule has 4 N–H and O–H groups in total. The summed E-state index contributed by atoms with van der Waals surface area (Å²) in [6, 6.07) is 3.55. The van der Waals surface area contributed by atoms with Crippen molar-refractivity contribution in [3.63, 3.8) is 0 Å². The van der Waals surface area contributed by atoms with Gasteiger partial charge in [0, 0.05) is 0 Å². The summed E-state index contributed by atoms with van der Waals surface area (Å²) < 4.78 is 1.78. The van der Waals surface area contributed by atoms with Gasteiger partial charge in [0.1, 0.15) is 10.8 Å². The Labute approximate surface area is 105 Å². The van der Waals surface area contributed by atoms with Crippen LogP contribution in [0.3, 0.4) is 0 Å². The molecule has 16 heavy (non-hydrogen) atoms. The van der Waals surface area contributed by atoms with Crippen LogP contribution in [0.25, 0.3) is 0 Å². The van der Waals surface area contributed by atoms with Gasteiger partial charge in [-0.15, -0.1) is 10.2 Å². The van der Waals surface area contributed by atoms with Crippen LogP contribution in [0.5, 0.6) is 0 Å². The predicted molar refractivity (Wildman–Crippen MR) is 68.9 cm³/mol. The summed E-state index contributed by atoms with van der Waals surface area (Å²) in [6.45, 7) is 0. The van der Waals surface area contributed by atoms with Gasteiger partial charge < -0.3 is 11.5 Å². The second-order valence-corrected chi connectivity index (χ2v) is 6.06. The molecule has 0 amide bonds. The lowest BCUT2D eigenvalue weighted by Crippen LogP contribution is -1.97. The van der Waals surface area contributed by atoms with Crippen LogP contribution >= 0.6 is 34.9 Å². The molecule has 0 saturated heterocycles. The number of pyridine rings is 1. The van der Waals surface area contributed by atoms with E-state index >= 15 is 0 Å². The highest BCUT2D eigenvalue weighted by atomic mass is 32.2. The highest BCUT2D eigenvalue weighted by molar-refractivity contribution is 8.02. The zero-order chi connectivity index (χ0) is 11.5. The molecule has 0 saturated carbocycles. The van der Waals surface area contributed by atoms with Crippen molar-refractivity contribution in [2.45, 2.75) is 13.7 Å². The summed E-state index contributed by atoms with van der Waals surface area (Å²) in [5.41, 5.74) is 11.7. The number of aromatic nitrogens is 3. The van der Waals surface area contributed by atoms with Crippen LogP contribution in [-0.2, 0) is 0 Å². The number of thioether (sulfide) groups is 1. The average molecular weight is 271 g/mol. The van der Waals surface area contributed by atoms with Crippen molar-refractivity contribution < 1.29 is 0 Å². The molecule has 2 heterocycles. The molecule has 0 bridgehead atoms. The van der Waals surface area contributed by atoms with E-state index in [4.69, 9.17) is 11.5 Å². The molecule has 2 aromatic rings. The largest absolute Gasteiger partial charge is 0.396 e. The Bertz CT molecular complexity index is 498. The van der Waals surface area contributed by atoms with E-state index in [2.05, 4.69) is 15.2 Å². The third-order valence-corrected chi connectivity index (χ3v) is 4.57. The smallest absolute Gasteiger partial charge is 0.181 e. The minimum Gasteiger partial charge on any atom is -0.396 e. The summed E-state index contributed by atoms with van der Waals surface area (Å²) in [7, 11) is 0. The highest BCUT2D eigenvalue weighted by Gasteiger charge is 2.07. The van der Waals surface area contributed by atoms with Gasteiger partial charge in [0.05, 0.1) is 5.69 Å². The van der Waals surface area contributed by atoms with Gasteiger partial charge in [-0.2, -0.15) is 0 Å². The summed E-state index contributed by atoms with van der Waals surface area (Å²) in [5, 5.41) is 8.80. The van der Waals surface area contributed by atoms with E-state index in [0.29, 0.717) is 11.5 Å². The number of nitrogen functional groups attached to an aromatic ring is 2. The van der Waals surface area contributed by atoms with E-state index in [1.54, 1.807) is 17.8 Å². The quantitative estimate of drug-likeness (QED) is 0.825. The third kappa shape index (κ3) is 2.57. The van der Waals surface area contributed by atoms with Crippen LogP contribution in [0, 0.1) is 0 Å². The van der Waals surface area contributed by atoms with Crippen LogP contribution in [0.1, 0.15) is 0 Å². The van der Waals surface area contributed by atoms with Crippen molar-refractivity contribution in [2.75, 3.05) is 17.7 Å². The fourth-order valence-corrected chi connectivity index (χ4v) is 3.30. The zero-order valence-corrected chi connectivity index (χ0v) is 10.8. The first kappa shape index (κ1) is 11.5. The lowest BCUT2D eigenvalue weighted by atomic mass is 10.4. The Morgan fingerprint density at radius 2 is 1.94 bits per heavy atom. The lowest BCUT2D eigenvalue weighted by molar-refractivity contribution is 0.954. The van der Waals surface area contributed by atoms with E-state index in [1.165, 1.54) is 23.1 Å². The number of hydrogen-bond acceptors (Lipinski definition) is 8. The predicted octanol–water partition coefficient (Wildman–Crippen LogP) is 1.97. The van der Waals surface area contributed by atoms with Crippen LogP contribution in [0.2, 0.25) is 0 Å². The molecule has 8 heteroatoms. The highest BCUT2D eigenvalue weighted by Crippen LogP contribution is 2.32. The molecule has 5 nitrogen and oxygen atoms in total. The topological polar surface area (TPSA) is 90.7 Å². The maximum absolute atomic E-state index is 5.62. The van der Waals surface area contributed by atoms with E-state index in [-0.39, 0.29) is 0 Å². The molecule has 0 aliphatic carbocycles. The second kappa shape index (κ2) is 4.89. The number of nitrogens with zero attached hydrogens (tertiary/aromatic N) is 3. The van der Waals surface area contributed by atoms with Crippen LogP contribution in [0.4, 0.5) is 11.5 Å². The molecule has 0 radical (unpaired) electrons. The lowest BCUT2D eigenvalue weighted by Gasteiger charge is -2.00. The molecule has 0 spiro atoms. The van der Waals surface area contributed by atoms with Crippen LogP contribution in [-0.4, -0.2) is 21.4 Å². The van der Waals surface area contributed by atoms with Gasteiger partial charge in [0.2, 0.25) is 0 Å². The minimum absolute atomic E-state index is 0.347. The molecule has 0 aliphatic heterocycles. The molecule has 2 rings (SSSR count). The van der Waals surface area contributed by atoms with E-state index < -0.39 is 0 Å². The fraction of sp³-hybridized carbons (Fsp3) is 0.125. The van der Waals surface area contributed by atoms with Gasteiger partial charge in [-0.05, 0) is 30.2 Å². The monoisotopic (exact) mass is 271 g/mol. The molecular weight excluding hydrogens is 262 g/mol. The molecular formula is C8H9N5S3. The van der Waals surface area contributed by atoms with Crippen LogP contribution < -0.4 is 11.5 Å². The van der Waals surface area contributed by atoms with Crippen molar-refractivity contribution in [3.05, 3.63) is 12.1 Å². The molecule has 84 valence electrons. The Morgan fingerprint density at radius 1 is 1.19 bits per heavy atom. The molecule has 0 atom stereocenters. The van der Waals surface area contributed by atoms with Crippen molar-refractivity contribution in [2.24, 2.45) is 0 Å². The van der Waals surface area contributed by atoms with E-state index in [9.17, 15) is 0 Å². The number of hydrogen-bond donors (Lipinski definition) is 2. The Balaban J connectivity index is 2.17. The average Bonchev–Trinajstić information content (AvgIpc) is 2.71. The standard InChI is InChI=1S/C8H9N5S3/c1-14-7-12-13-8(16-7)15-5-3-2-4(9)6(10)11-5/h2-3H,9H2,1H3,(H2,10,11). The second-order valence-electron chi connectivity index (χ2n) is 2.76. The SMILES string of the molecule is CSc1nnc(Sc2ccc(N)c(N)n2)s1. The normalized spacial score (nSPS) is 10.6. The first-order valence-electron chi connectivity index (χ1n) is 4.26. The fourth-order valence-electron chi connectivity index (χ4n) is 0.934. The first-order valence-corrected chi connectivity index (χ1v) is 7.12. The Morgan fingerprint density at radius 3 is 2.56 bits per heavy atom. The van der Waals surface area contributed by atoms with Gasteiger partial charge in [0.15, 0.2) is 8.68 Å². The molecule has 2 aromatic heterocycles. The molecule has 0 aliphatic rings. The number of rotatable bonds is 3. The van der Waals surface area contributed by atoms with Gasteiger partial charge in [-0.1, -0.05) is 23.1 Å². The van der Waals surface area contributed by atoms with Gasteiger partial charge in [-0.25, -0.2) is 4.98 Å². The first-order chi connectivity index (χ1) is 7.69. The minimum atomic E-state index is 0.347. The zero-order valence-electron chi connectivity index (χ0n) is 8.38. The van der Waals surface area contributed by atoms with Crippen LogP contribution in [0.15, 0.2) is 25.8 Å². The van der Waals surface area contributed by atoms with Gasteiger partial charge >= 0.3 is 0 Å². The number of anilines is 2. The third-order valence-electron chi connectivity index (χ3n) is 1.69. The Kier molecular flexibility index (Phi) is 3.52. The maximum atomic E-state index is 5.62. The van der Waals surface area contributed by atoms with E-state index in [1.807, 2.05) is 12.3 Å². The number of nitrogens with two attached hydrogens (primary N) is 2. The molecule has 0 fully saturated rings. The van der Waals surface area contributed by atoms with Crippen molar-refractivity contribution in [3.8, 4) is 0 Å². The van der Waals surface area contributed by atoms with Gasteiger partial charge in [-0.3, -0.25) is 0 Å². The van der Waals surface area contributed by atoms with Crippen molar-refractivity contribution >= 4 is 46.4 Å². The summed E-state index contributed by atoms with van der Waals surface area (Å²) in [4.78, 5) is 4.15. The van der Waals surface area contributed by atoms with E-state index in [0.717, 1.165) is 13.7 Å². The van der Waals surface area contributed by atoms with Gasteiger partial charge in [0.25, 0.3) is 0 Å². The van der Waals surface area contributed by atoms with Crippen molar-refractivity contribution in [1.29, 1.82) is 0 Å². The summed E-state index contributed by atoms with van der Waals surface area (Å²) in [6.07, 6.45) is 1.97. The summed E-state index contributed by atoms with van der Waals surface area (Å²) >= 11 is 4.53. The maximum Gasteiger partial charge on any atom is 0.181 e. The molecule has 0 aromatic carbocycles. The molecule has 0 unspecified atom stereocenters. The summed E-state index contributed by atoms with van der Waals surface area (Å²) in [5.74, 6) is 0.347. The Hall–Kier alpha value is -0.990. The van der Waals surface area contributed by atoms with Crippen molar-refractivity contribution in [1.82, 2.24) is 15.2 Å².